The van der Waals surface area contributed by atoms with E-state index < -0.39 is 10.0 Å². The van der Waals surface area contributed by atoms with Crippen molar-refractivity contribution in [1.82, 2.24) is 14.5 Å². The molecule has 5 nitrogen and oxygen atoms in total. The van der Waals surface area contributed by atoms with Gasteiger partial charge in [-0.05, 0) is 36.8 Å². The molecule has 0 bridgehead atoms. The van der Waals surface area contributed by atoms with Gasteiger partial charge in [-0.3, -0.25) is 0 Å². The number of hydrogen-bond donors (Lipinski definition) is 1. The summed E-state index contributed by atoms with van der Waals surface area (Å²) in [7, 11) is -3.66. The van der Waals surface area contributed by atoms with E-state index in [-0.39, 0.29) is 9.92 Å². The number of nitrogens with zero attached hydrogens (tertiary/aromatic N) is 2. The van der Waals surface area contributed by atoms with Crippen LogP contribution in [-0.2, 0) is 10.0 Å². The Labute approximate surface area is 159 Å². The first-order chi connectivity index (χ1) is 11.4. The van der Waals surface area contributed by atoms with Crippen molar-refractivity contribution in [3.63, 3.8) is 0 Å². The Kier molecular flexibility index (Phi) is 7.12. The highest BCUT2D eigenvalue weighted by molar-refractivity contribution is 7.89. The van der Waals surface area contributed by atoms with Crippen LogP contribution in [0, 0.1) is 0 Å². The summed E-state index contributed by atoms with van der Waals surface area (Å²) in [6.45, 7) is 4.79. The average Bonchev–Trinajstić information content (AvgIpc) is 2.57. The van der Waals surface area contributed by atoms with Crippen molar-refractivity contribution in [3.05, 3.63) is 28.2 Å². The second kappa shape index (κ2) is 8.67. The maximum absolute atomic E-state index is 12.8. The van der Waals surface area contributed by atoms with Crippen molar-refractivity contribution in [3.8, 4) is 0 Å². The van der Waals surface area contributed by atoms with Crippen LogP contribution in [-0.4, -0.2) is 55.5 Å². The summed E-state index contributed by atoms with van der Waals surface area (Å²) in [5.74, 6) is 0. The minimum absolute atomic E-state index is 0.0498. The molecule has 1 heterocycles. The van der Waals surface area contributed by atoms with Crippen molar-refractivity contribution >= 4 is 50.6 Å². The number of halogens is 2. The molecule has 0 spiro atoms. The molecule has 1 aromatic rings. The minimum Gasteiger partial charge on any atom is -0.363 e. The maximum Gasteiger partial charge on any atom is 0.244 e. The summed E-state index contributed by atoms with van der Waals surface area (Å²) in [6, 6.07) is 4.46. The summed E-state index contributed by atoms with van der Waals surface area (Å²) in [6.07, 6.45) is 2.16. The van der Waals surface area contributed by atoms with Crippen LogP contribution in [0.1, 0.15) is 19.8 Å². The lowest BCUT2D eigenvalue weighted by Gasteiger charge is -2.35. The summed E-state index contributed by atoms with van der Waals surface area (Å²) >= 11 is 17.3. The number of thiocarbonyl (C=S) groups is 1. The fraction of sp³-hybridized carbons (Fsp3) is 0.533. The molecule has 1 aliphatic heterocycles. The van der Waals surface area contributed by atoms with Crippen molar-refractivity contribution in [2.24, 2.45) is 0 Å². The summed E-state index contributed by atoms with van der Waals surface area (Å²) in [5, 5.41) is 4.41. The monoisotopic (exact) mass is 409 g/mol. The van der Waals surface area contributed by atoms with Gasteiger partial charge in [0.05, 0.1) is 5.02 Å². The Hall–Kier alpha value is -0.600. The molecule has 0 radical (unpaired) electrons. The quantitative estimate of drug-likeness (QED) is 0.598. The normalized spacial score (nSPS) is 16.2. The topological polar surface area (TPSA) is 52.6 Å². The molecule has 134 valence electrons. The third-order valence-electron chi connectivity index (χ3n) is 3.84. The molecule has 2 rings (SSSR count). The van der Waals surface area contributed by atoms with Crippen LogP contribution in [0.5, 0.6) is 0 Å². The van der Waals surface area contributed by atoms with Gasteiger partial charge in [-0.1, -0.05) is 36.5 Å². The Morgan fingerprint density at radius 3 is 2.54 bits per heavy atom. The number of unbranched alkanes of at least 4 members (excludes halogenated alkanes) is 1. The number of nitrogens with one attached hydrogen (secondary N) is 1. The van der Waals surface area contributed by atoms with Crippen LogP contribution in [0.4, 0.5) is 0 Å². The Balaban J connectivity index is 2.01. The third kappa shape index (κ3) is 4.73. The van der Waals surface area contributed by atoms with E-state index in [2.05, 4.69) is 12.2 Å². The summed E-state index contributed by atoms with van der Waals surface area (Å²) in [5.41, 5.74) is 0. The molecule has 1 fully saturated rings. The van der Waals surface area contributed by atoms with Gasteiger partial charge in [-0.15, -0.1) is 0 Å². The first-order valence-electron chi connectivity index (χ1n) is 7.84. The number of sulfonamides is 1. The smallest absolute Gasteiger partial charge is 0.244 e. The molecule has 1 aromatic carbocycles. The Morgan fingerprint density at radius 2 is 1.92 bits per heavy atom. The lowest BCUT2D eigenvalue weighted by atomic mass is 10.3. The van der Waals surface area contributed by atoms with E-state index >= 15 is 0 Å². The summed E-state index contributed by atoms with van der Waals surface area (Å²) < 4.78 is 27.0. The van der Waals surface area contributed by atoms with Gasteiger partial charge in [0.25, 0.3) is 0 Å². The first-order valence-corrected chi connectivity index (χ1v) is 10.4. The van der Waals surface area contributed by atoms with Gasteiger partial charge >= 0.3 is 0 Å². The second-order valence-electron chi connectivity index (χ2n) is 5.55. The maximum atomic E-state index is 12.8. The van der Waals surface area contributed by atoms with Crippen LogP contribution >= 0.6 is 35.4 Å². The van der Waals surface area contributed by atoms with E-state index in [1.807, 2.05) is 4.90 Å². The van der Waals surface area contributed by atoms with E-state index in [1.54, 1.807) is 6.07 Å². The number of benzene rings is 1. The van der Waals surface area contributed by atoms with Crippen LogP contribution in [0.15, 0.2) is 23.1 Å². The standard InChI is InChI=1S/C15H21Cl2N3O2S2/c1-2-3-6-18-15(23)19-7-9-20(10-8-19)24(21,22)14-11-12(16)4-5-13(14)17/h4-5,11H,2-3,6-10H2,1H3,(H,18,23). The van der Waals surface area contributed by atoms with Gasteiger partial charge in [-0.25, -0.2) is 8.42 Å². The molecule has 24 heavy (non-hydrogen) atoms. The van der Waals surface area contributed by atoms with Gasteiger partial charge in [-0.2, -0.15) is 4.31 Å². The van der Waals surface area contributed by atoms with Gasteiger partial charge in [0.1, 0.15) is 4.90 Å². The van der Waals surface area contributed by atoms with Crippen LogP contribution in [0.25, 0.3) is 0 Å². The highest BCUT2D eigenvalue weighted by atomic mass is 35.5. The number of piperazine rings is 1. The van der Waals surface area contributed by atoms with E-state index in [9.17, 15) is 8.42 Å². The minimum atomic E-state index is -3.66. The first kappa shape index (κ1) is 19.7. The predicted octanol–water partition coefficient (Wildman–Crippen LogP) is 2.97. The van der Waals surface area contributed by atoms with Gasteiger partial charge in [0.2, 0.25) is 10.0 Å². The van der Waals surface area contributed by atoms with Crippen LogP contribution < -0.4 is 5.32 Å². The zero-order valence-electron chi connectivity index (χ0n) is 13.5. The molecule has 9 heteroatoms. The molecule has 0 aromatic heterocycles. The van der Waals surface area contributed by atoms with E-state index in [1.165, 1.54) is 16.4 Å². The molecule has 1 saturated heterocycles. The number of rotatable bonds is 5. The van der Waals surface area contributed by atoms with Gasteiger partial charge in [0.15, 0.2) is 5.11 Å². The van der Waals surface area contributed by atoms with Gasteiger partial charge in [0, 0.05) is 37.7 Å². The Bertz CT molecular complexity index is 690. The molecule has 1 aliphatic rings. The Morgan fingerprint density at radius 1 is 1.25 bits per heavy atom. The van der Waals surface area contributed by atoms with Crippen LogP contribution in [0.3, 0.4) is 0 Å². The van der Waals surface area contributed by atoms with E-state index in [0.29, 0.717) is 36.3 Å². The molecular formula is C15H21Cl2N3O2S2. The van der Waals surface area contributed by atoms with Crippen molar-refractivity contribution in [2.75, 3.05) is 32.7 Å². The molecule has 0 aliphatic carbocycles. The highest BCUT2D eigenvalue weighted by Crippen LogP contribution is 2.28. The molecule has 0 saturated carbocycles. The van der Waals surface area contributed by atoms with Crippen molar-refractivity contribution in [2.45, 2.75) is 24.7 Å². The lowest BCUT2D eigenvalue weighted by Crippen LogP contribution is -2.53. The fourth-order valence-electron chi connectivity index (χ4n) is 2.43. The zero-order chi connectivity index (χ0) is 17.7. The van der Waals surface area contributed by atoms with Crippen molar-refractivity contribution in [1.29, 1.82) is 0 Å². The second-order valence-corrected chi connectivity index (χ2v) is 8.69. The fourth-order valence-corrected chi connectivity index (χ4v) is 4.87. The molecular weight excluding hydrogens is 389 g/mol. The SMILES string of the molecule is CCCCNC(=S)N1CCN(S(=O)(=O)c2cc(Cl)ccc2Cl)CC1. The van der Waals surface area contributed by atoms with Crippen LogP contribution in [0.2, 0.25) is 10.0 Å². The third-order valence-corrected chi connectivity index (χ3v) is 6.86. The number of hydrogen-bond acceptors (Lipinski definition) is 3. The van der Waals surface area contributed by atoms with Gasteiger partial charge < -0.3 is 10.2 Å². The van der Waals surface area contributed by atoms with Crippen molar-refractivity contribution < 1.29 is 8.42 Å². The highest BCUT2D eigenvalue weighted by Gasteiger charge is 2.30. The average molecular weight is 410 g/mol. The lowest BCUT2D eigenvalue weighted by molar-refractivity contribution is 0.264. The molecule has 0 unspecified atom stereocenters. The van der Waals surface area contributed by atoms with E-state index in [0.717, 1.165) is 19.4 Å². The summed E-state index contributed by atoms with van der Waals surface area (Å²) in [4.78, 5) is 2.05. The molecule has 0 atom stereocenters. The largest absolute Gasteiger partial charge is 0.363 e. The van der Waals surface area contributed by atoms with E-state index in [4.69, 9.17) is 35.4 Å². The predicted molar refractivity (Wildman–Crippen MR) is 102 cm³/mol. The molecule has 0 amide bonds. The zero-order valence-corrected chi connectivity index (χ0v) is 16.6. The molecule has 1 N–H and O–H groups in total.